The Hall–Kier alpha value is -6.04. The molecule has 1 aliphatic rings. The summed E-state index contributed by atoms with van der Waals surface area (Å²) in [6.45, 7) is 19.8. The molecule has 3 rings (SSSR count). The predicted octanol–water partition coefficient (Wildman–Crippen LogP) is 6.61. The lowest BCUT2D eigenvalue weighted by Gasteiger charge is -2.41. The normalized spacial score (nSPS) is 15.4. The van der Waals surface area contributed by atoms with Gasteiger partial charge < -0.3 is 50.4 Å². The van der Waals surface area contributed by atoms with E-state index >= 15 is 9.59 Å². The quantitative estimate of drug-likeness (QED) is 0.0323. The number of hydrogen-bond donors (Lipinski definition) is 5. The van der Waals surface area contributed by atoms with E-state index in [1.165, 1.54) is 12.0 Å². The fourth-order valence-electron chi connectivity index (χ4n) is 8.26. The molecule has 0 aliphatic carbocycles. The number of carbonyl (C=O) groups excluding carboxylic acids is 8. The maximum Gasteiger partial charge on any atom is 0.408 e. The Bertz CT molecular complexity index is 2110. The second-order valence-corrected chi connectivity index (χ2v) is 21.9. The van der Waals surface area contributed by atoms with Crippen molar-refractivity contribution in [2.24, 2.45) is 17.8 Å². The molecule has 5 amide bonds. The fraction of sp³-hybridized carbons (Fsp3) is 0.630. The summed E-state index contributed by atoms with van der Waals surface area (Å²) in [7, 11) is 1.21. The van der Waals surface area contributed by atoms with E-state index in [1.807, 2.05) is 74.5 Å². The molecule has 4 atom stereocenters. The molecule has 0 radical (unpaired) electrons. The molecular formula is C54H82N6O12. The number of esters is 1. The first-order chi connectivity index (χ1) is 33.6. The van der Waals surface area contributed by atoms with Crippen LogP contribution in [0.4, 0.5) is 14.4 Å². The summed E-state index contributed by atoms with van der Waals surface area (Å²) in [6.07, 6.45) is -0.888. The summed E-state index contributed by atoms with van der Waals surface area (Å²) < 4.78 is 21.3. The smallest absolute Gasteiger partial charge is 0.408 e. The molecule has 5 N–H and O–H groups in total. The Morgan fingerprint density at radius 2 is 1.11 bits per heavy atom. The van der Waals surface area contributed by atoms with E-state index in [2.05, 4.69) is 26.6 Å². The number of amides is 5. The van der Waals surface area contributed by atoms with Crippen LogP contribution in [0.5, 0.6) is 0 Å². The zero-order valence-electron chi connectivity index (χ0n) is 44.7. The monoisotopic (exact) mass is 1010 g/mol. The number of alkyl carbamates (subject to hydrolysis) is 3. The van der Waals surface area contributed by atoms with E-state index < -0.39 is 93.9 Å². The first-order valence-electron chi connectivity index (χ1n) is 25.1. The third-order valence-electron chi connectivity index (χ3n) is 11.6. The maximum absolute atomic E-state index is 15.2. The molecule has 400 valence electrons. The second-order valence-electron chi connectivity index (χ2n) is 21.9. The topological polar surface area (TPSA) is 237 Å². The van der Waals surface area contributed by atoms with Crippen molar-refractivity contribution >= 4 is 47.6 Å². The average molecular weight is 1010 g/mol. The van der Waals surface area contributed by atoms with E-state index in [4.69, 9.17) is 18.9 Å². The van der Waals surface area contributed by atoms with Crippen molar-refractivity contribution in [1.82, 2.24) is 31.5 Å². The minimum atomic E-state index is -1.49. The van der Waals surface area contributed by atoms with Crippen molar-refractivity contribution in [2.45, 2.75) is 162 Å². The van der Waals surface area contributed by atoms with Gasteiger partial charge in [-0.25, -0.2) is 19.2 Å². The molecule has 1 saturated heterocycles. The van der Waals surface area contributed by atoms with Gasteiger partial charge in [-0.15, -0.1) is 0 Å². The highest BCUT2D eigenvalue weighted by atomic mass is 16.6. The van der Waals surface area contributed by atoms with Gasteiger partial charge in [0, 0.05) is 32.7 Å². The van der Waals surface area contributed by atoms with Gasteiger partial charge in [0.05, 0.1) is 25.0 Å². The number of piperidine rings is 1. The number of methoxy groups -OCH3 is 1. The van der Waals surface area contributed by atoms with Crippen LogP contribution in [0.3, 0.4) is 0 Å². The number of carbonyl (C=O) groups is 8. The highest BCUT2D eigenvalue weighted by Gasteiger charge is 2.47. The van der Waals surface area contributed by atoms with E-state index in [1.54, 1.807) is 62.3 Å². The van der Waals surface area contributed by atoms with Crippen LogP contribution >= 0.6 is 0 Å². The first kappa shape index (κ1) is 60.3. The molecule has 2 aromatic rings. The van der Waals surface area contributed by atoms with Crippen molar-refractivity contribution in [1.29, 1.82) is 0 Å². The highest BCUT2D eigenvalue weighted by Crippen LogP contribution is 2.28. The van der Waals surface area contributed by atoms with E-state index in [0.717, 1.165) is 5.56 Å². The molecule has 2 aromatic carbocycles. The summed E-state index contributed by atoms with van der Waals surface area (Å²) >= 11 is 0. The molecule has 0 spiro atoms. The van der Waals surface area contributed by atoms with Crippen molar-refractivity contribution < 1.29 is 57.3 Å². The zero-order valence-corrected chi connectivity index (χ0v) is 44.7. The average Bonchev–Trinajstić information content (AvgIpc) is 3.28. The van der Waals surface area contributed by atoms with Crippen LogP contribution in [-0.2, 0) is 55.8 Å². The molecule has 1 fully saturated rings. The largest absolute Gasteiger partial charge is 0.467 e. The van der Waals surface area contributed by atoms with Gasteiger partial charge in [0.25, 0.3) is 0 Å². The number of nitrogens with zero attached hydrogens (tertiary/aromatic N) is 1. The lowest BCUT2D eigenvalue weighted by Crippen LogP contribution is -2.63. The number of hydrogen-bond acceptors (Lipinski definition) is 13. The second kappa shape index (κ2) is 27.7. The first-order valence-corrected chi connectivity index (χ1v) is 25.1. The van der Waals surface area contributed by atoms with Crippen LogP contribution < -0.4 is 26.6 Å². The van der Waals surface area contributed by atoms with Gasteiger partial charge in [-0.1, -0.05) is 74.5 Å². The van der Waals surface area contributed by atoms with Crippen LogP contribution in [0, 0.1) is 17.8 Å². The number of unbranched alkanes of at least 4 members (excludes halogenated alkanes) is 1. The van der Waals surface area contributed by atoms with Gasteiger partial charge in [-0.3, -0.25) is 19.2 Å². The SMILES string of the molecule is COC(=O)C1(NC(=O)OC(C)(C)C)CCN(C(=O)[C@@H](CCCCNC(=O)OC(C)(C)C)NC(=O)[C@H](CC(C)C)C(=O)[C@@H](Cc2ccccc2)C(=O)[C@@H](Cc2ccccc2)NCCNC(=O)OC(C)(C)C)CC1. The standard InChI is InChI=1S/C54H82N6O12/c1-36(2)33-40(43(61)39(34-37-21-15-13-16-22-37)44(62)42(35-38-23-17-14-18-24-38)55-29-30-57-49(67)71-52(6,7)8)45(63)58-41(25-19-20-28-56-48(66)70-51(3,4)5)46(64)60-31-26-54(27-32-60,47(65)69-12)59-50(68)72-53(9,10)11/h13-18,21-24,36,39-42,55H,19-20,25-35H2,1-12H3,(H,56,66)(H,57,67)(H,58,63)(H,59,68)/t39-,40-,41-,42-/m1/s1. The minimum Gasteiger partial charge on any atom is -0.467 e. The number of ether oxygens (including phenoxy) is 4. The van der Waals surface area contributed by atoms with Crippen LogP contribution in [0.1, 0.15) is 126 Å². The Morgan fingerprint density at radius 3 is 1.61 bits per heavy atom. The van der Waals surface area contributed by atoms with Crippen molar-refractivity contribution in [3.8, 4) is 0 Å². The molecule has 0 bridgehead atoms. The van der Waals surface area contributed by atoms with Crippen molar-refractivity contribution in [3.05, 3.63) is 71.8 Å². The number of nitrogens with one attached hydrogen (secondary N) is 5. The third-order valence-corrected chi connectivity index (χ3v) is 11.6. The summed E-state index contributed by atoms with van der Waals surface area (Å²) in [5, 5.41) is 14.3. The molecule has 18 heteroatoms. The molecule has 72 heavy (non-hydrogen) atoms. The van der Waals surface area contributed by atoms with Crippen LogP contribution in [0.2, 0.25) is 0 Å². The van der Waals surface area contributed by atoms with Crippen LogP contribution in [-0.4, -0.2) is 127 Å². The van der Waals surface area contributed by atoms with E-state index in [-0.39, 0.29) is 77.2 Å². The predicted molar refractivity (Wildman–Crippen MR) is 273 cm³/mol. The van der Waals surface area contributed by atoms with Gasteiger partial charge in [0.1, 0.15) is 28.4 Å². The molecule has 0 saturated carbocycles. The number of ketones is 2. The third kappa shape index (κ3) is 21.4. The van der Waals surface area contributed by atoms with Crippen molar-refractivity contribution in [2.75, 3.05) is 39.8 Å². The molecule has 1 aliphatic heterocycles. The van der Waals surface area contributed by atoms with Gasteiger partial charge in [-0.2, -0.15) is 0 Å². The molecule has 18 nitrogen and oxygen atoms in total. The minimum absolute atomic E-state index is 0.00139. The lowest BCUT2D eigenvalue weighted by molar-refractivity contribution is -0.153. The van der Waals surface area contributed by atoms with Crippen molar-refractivity contribution in [3.63, 3.8) is 0 Å². The summed E-state index contributed by atoms with van der Waals surface area (Å²) in [4.78, 5) is 112. The Balaban J connectivity index is 1.98. The Labute approximate surface area is 426 Å². The molecule has 0 unspecified atom stereocenters. The van der Waals surface area contributed by atoms with Crippen LogP contribution in [0.25, 0.3) is 0 Å². The van der Waals surface area contributed by atoms with E-state index in [9.17, 15) is 28.8 Å². The lowest BCUT2D eigenvalue weighted by atomic mass is 9.78. The van der Waals surface area contributed by atoms with Gasteiger partial charge in [-0.05, 0) is 131 Å². The number of benzene rings is 2. The zero-order chi connectivity index (χ0) is 53.9. The number of rotatable bonds is 24. The summed E-state index contributed by atoms with van der Waals surface area (Å²) in [5.41, 5.74) is -2.22. The molecule has 0 aromatic heterocycles. The Kier molecular flexibility index (Phi) is 23.2. The van der Waals surface area contributed by atoms with Gasteiger partial charge >= 0.3 is 24.2 Å². The maximum atomic E-state index is 15.2. The number of Topliss-reactive ketones (excluding diaryl/α,β-unsaturated/α-hetero) is 2. The Morgan fingerprint density at radius 1 is 0.611 bits per heavy atom. The molecule has 1 heterocycles. The van der Waals surface area contributed by atoms with Gasteiger partial charge in [0.15, 0.2) is 11.6 Å². The molecular weight excluding hydrogens is 925 g/mol. The summed E-state index contributed by atoms with van der Waals surface area (Å²) in [5.74, 6) is -5.73. The highest BCUT2D eigenvalue weighted by molar-refractivity contribution is 6.13. The number of likely N-dealkylation sites (tertiary alicyclic amines) is 1. The fourth-order valence-corrected chi connectivity index (χ4v) is 8.26. The van der Waals surface area contributed by atoms with Gasteiger partial charge in [0.2, 0.25) is 11.8 Å². The van der Waals surface area contributed by atoms with Crippen LogP contribution in [0.15, 0.2) is 60.7 Å². The summed E-state index contributed by atoms with van der Waals surface area (Å²) in [6, 6.07) is 16.4. The van der Waals surface area contributed by atoms with E-state index in [0.29, 0.717) is 18.4 Å².